The van der Waals surface area contributed by atoms with Crippen molar-refractivity contribution in [1.82, 2.24) is 10.2 Å². The molecule has 0 aliphatic carbocycles. The molecular formula is C14H25F3N2O3. The van der Waals surface area contributed by atoms with Gasteiger partial charge < -0.3 is 10.1 Å². The van der Waals surface area contributed by atoms with Crippen molar-refractivity contribution in [3.63, 3.8) is 0 Å². The van der Waals surface area contributed by atoms with Gasteiger partial charge in [0.15, 0.2) is 0 Å². The number of carbonyl (C=O) groups excluding carboxylic acids is 2. The highest BCUT2D eigenvalue weighted by atomic mass is 19.4. The summed E-state index contributed by atoms with van der Waals surface area (Å²) in [4.78, 5) is 24.9. The molecule has 1 atom stereocenters. The maximum Gasteiger partial charge on any atom is 0.405 e. The molecule has 0 fully saturated rings. The number of nitrogens with zero attached hydrogens (tertiary/aromatic N) is 1. The zero-order valence-electron chi connectivity index (χ0n) is 13.7. The third-order valence-electron chi connectivity index (χ3n) is 2.80. The lowest BCUT2D eigenvalue weighted by molar-refractivity contribution is -0.157. The summed E-state index contributed by atoms with van der Waals surface area (Å²) >= 11 is 0. The Bertz CT molecular complexity index is 379. The first-order valence-electron chi connectivity index (χ1n) is 7.13. The zero-order chi connectivity index (χ0) is 17.6. The third kappa shape index (κ3) is 10.4. The predicted octanol–water partition coefficient (Wildman–Crippen LogP) is 2.11. The van der Waals surface area contributed by atoms with Crippen LogP contribution in [0.15, 0.2) is 0 Å². The minimum absolute atomic E-state index is 0.135. The smallest absolute Gasteiger partial charge is 0.405 e. The average Bonchev–Trinajstić information content (AvgIpc) is 2.31. The van der Waals surface area contributed by atoms with Gasteiger partial charge in [-0.15, -0.1) is 0 Å². The number of nitrogens with one attached hydrogen (secondary N) is 1. The van der Waals surface area contributed by atoms with Crippen LogP contribution in [0.2, 0.25) is 0 Å². The van der Waals surface area contributed by atoms with Crippen LogP contribution in [-0.2, 0) is 14.3 Å². The van der Waals surface area contributed by atoms with Crippen LogP contribution < -0.4 is 5.32 Å². The van der Waals surface area contributed by atoms with Gasteiger partial charge in [-0.05, 0) is 34.1 Å². The molecule has 1 N–H and O–H groups in total. The topological polar surface area (TPSA) is 58.6 Å². The van der Waals surface area contributed by atoms with Crippen LogP contribution in [0.5, 0.6) is 0 Å². The molecule has 0 saturated heterocycles. The molecule has 0 heterocycles. The van der Waals surface area contributed by atoms with E-state index in [1.165, 1.54) is 4.90 Å². The number of esters is 1. The maximum absolute atomic E-state index is 12.1. The van der Waals surface area contributed by atoms with E-state index in [0.29, 0.717) is 6.42 Å². The molecule has 0 bridgehead atoms. The fourth-order valence-electron chi connectivity index (χ4n) is 1.60. The summed E-state index contributed by atoms with van der Waals surface area (Å²) in [5, 5.41) is 1.80. The van der Waals surface area contributed by atoms with E-state index < -0.39 is 30.2 Å². The maximum atomic E-state index is 12.1. The Labute approximate surface area is 129 Å². The van der Waals surface area contributed by atoms with Crippen molar-refractivity contribution in [2.45, 2.75) is 58.9 Å². The van der Waals surface area contributed by atoms with Crippen LogP contribution in [0.4, 0.5) is 13.2 Å². The molecule has 130 valence electrons. The molecule has 0 unspecified atom stereocenters. The fourth-order valence-corrected chi connectivity index (χ4v) is 1.60. The molecule has 1 amide bonds. The number of halogens is 3. The molecule has 0 aromatic rings. The van der Waals surface area contributed by atoms with E-state index in [9.17, 15) is 22.8 Å². The van der Waals surface area contributed by atoms with Gasteiger partial charge in [0.05, 0.1) is 13.1 Å². The summed E-state index contributed by atoms with van der Waals surface area (Å²) in [5.41, 5.74) is -0.656. The first-order valence-corrected chi connectivity index (χ1v) is 7.13. The second kappa shape index (κ2) is 8.36. The number of ether oxygens (including phenoxy) is 1. The Morgan fingerprint density at radius 3 is 2.14 bits per heavy atom. The normalized spacial score (nSPS) is 13.9. The fraction of sp³-hybridized carbons (Fsp3) is 0.857. The van der Waals surface area contributed by atoms with Crippen LogP contribution in [0, 0.1) is 0 Å². The van der Waals surface area contributed by atoms with Crippen LogP contribution in [0.3, 0.4) is 0 Å². The third-order valence-corrected chi connectivity index (χ3v) is 2.80. The first kappa shape index (κ1) is 20.7. The molecule has 0 saturated carbocycles. The lowest BCUT2D eigenvalue weighted by atomic mass is 10.2. The highest BCUT2D eigenvalue weighted by molar-refractivity contribution is 5.79. The largest absolute Gasteiger partial charge is 0.459 e. The number of rotatable bonds is 7. The van der Waals surface area contributed by atoms with Gasteiger partial charge in [-0.3, -0.25) is 14.5 Å². The summed E-state index contributed by atoms with van der Waals surface area (Å²) in [5.74, 6) is -1.29. The van der Waals surface area contributed by atoms with Crippen LogP contribution in [0.1, 0.15) is 41.0 Å². The Hall–Kier alpha value is -1.31. The van der Waals surface area contributed by atoms with E-state index in [2.05, 4.69) is 0 Å². The van der Waals surface area contributed by atoms with E-state index in [0.717, 1.165) is 0 Å². The SMILES string of the molecule is CC[C@H](C)N(CC(=O)NCC(F)(F)F)CC(=O)OC(C)(C)C. The van der Waals surface area contributed by atoms with Crippen LogP contribution in [-0.4, -0.2) is 54.2 Å². The van der Waals surface area contributed by atoms with E-state index in [1.54, 1.807) is 33.0 Å². The number of hydrogen-bond acceptors (Lipinski definition) is 4. The van der Waals surface area contributed by atoms with E-state index in [4.69, 9.17) is 4.74 Å². The molecule has 5 nitrogen and oxygen atoms in total. The molecule has 22 heavy (non-hydrogen) atoms. The van der Waals surface area contributed by atoms with Gasteiger partial charge in [0, 0.05) is 6.04 Å². The molecule has 0 aromatic carbocycles. The monoisotopic (exact) mass is 326 g/mol. The van der Waals surface area contributed by atoms with Crippen molar-refractivity contribution >= 4 is 11.9 Å². The van der Waals surface area contributed by atoms with Crippen molar-refractivity contribution in [1.29, 1.82) is 0 Å². The second-order valence-corrected chi connectivity index (χ2v) is 6.14. The van der Waals surface area contributed by atoms with Crippen molar-refractivity contribution in [3.05, 3.63) is 0 Å². The lowest BCUT2D eigenvalue weighted by Gasteiger charge is -2.28. The average molecular weight is 326 g/mol. The van der Waals surface area contributed by atoms with Gasteiger partial charge in [0.25, 0.3) is 0 Å². The summed E-state index contributed by atoms with van der Waals surface area (Å²) < 4.78 is 41.4. The highest BCUT2D eigenvalue weighted by Gasteiger charge is 2.29. The molecular weight excluding hydrogens is 301 g/mol. The van der Waals surface area contributed by atoms with Crippen molar-refractivity contribution in [3.8, 4) is 0 Å². The number of alkyl halides is 3. The van der Waals surface area contributed by atoms with Gasteiger partial charge in [-0.25, -0.2) is 0 Å². The number of carbonyl (C=O) groups is 2. The Kier molecular flexibility index (Phi) is 7.86. The zero-order valence-corrected chi connectivity index (χ0v) is 13.7. The number of hydrogen-bond donors (Lipinski definition) is 1. The minimum atomic E-state index is -4.46. The molecule has 0 spiro atoms. The second-order valence-electron chi connectivity index (χ2n) is 6.14. The quantitative estimate of drug-likeness (QED) is 0.728. The molecule has 0 aliphatic heterocycles. The first-order chi connectivity index (χ1) is 9.84. The van der Waals surface area contributed by atoms with Gasteiger partial charge in [0.1, 0.15) is 12.1 Å². The Balaban J connectivity index is 4.59. The van der Waals surface area contributed by atoms with Gasteiger partial charge in [-0.2, -0.15) is 13.2 Å². The Morgan fingerprint density at radius 1 is 1.18 bits per heavy atom. The lowest BCUT2D eigenvalue weighted by Crippen LogP contribution is -2.46. The standard InChI is InChI=1S/C14H25F3N2O3/c1-6-10(2)19(8-12(21)22-13(3,4)5)7-11(20)18-9-14(15,16)17/h10H,6-9H2,1-5H3,(H,18,20)/t10-/m0/s1. The summed E-state index contributed by atoms with van der Waals surface area (Å²) in [7, 11) is 0. The van der Waals surface area contributed by atoms with Gasteiger partial charge in [-0.1, -0.05) is 6.92 Å². The summed E-state index contributed by atoms with van der Waals surface area (Å²) in [6, 6.07) is -0.135. The van der Waals surface area contributed by atoms with Crippen LogP contribution >= 0.6 is 0 Å². The van der Waals surface area contributed by atoms with Gasteiger partial charge in [0.2, 0.25) is 5.91 Å². The van der Waals surface area contributed by atoms with E-state index >= 15 is 0 Å². The summed E-state index contributed by atoms with van der Waals surface area (Å²) in [6.07, 6.45) is -3.81. The van der Waals surface area contributed by atoms with E-state index in [1.807, 2.05) is 6.92 Å². The van der Waals surface area contributed by atoms with Gasteiger partial charge >= 0.3 is 12.1 Å². The Morgan fingerprint density at radius 2 is 1.73 bits per heavy atom. The van der Waals surface area contributed by atoms with Crippen molar-refractivity contribution in [2.24, 2.45) is 0 Å². The van der Waals surface area contributed by atoms with Crippen molar-refractivity contribution < 1.29 is 27.5 Å². The molecule has 0 radical (unpaired) electrons. The number of amides is 1. The van der Waals surface area contributed by atoms with Crippen LogP contribution in [0.25, 0.3) is 0 Å². The molecule has 0 rings (SSSR count). The van der Waals surface area contributed by atoms with E-state index in [-0.39, 0.29) is 19.1 Å². The highest BCUT2D eigenvalue weighted by Crippen LogP contribution is 2.12. The molecule has 0 aromatic heterocycles. The minimum Gasteiger partial charge on any atom is -0.459 e. The van der Waals surface area contributed by atoms with Crippen molar-refractivity contribution in [2.75, 3.05) is 19.6 Å². The molecule has 0 aliphatic rings. The summed E-state index contributed by atoms with van der Waals surface area (Å²) in [6.45, 7) is 6.99. The molecule has 8 heteroatoms. The predicted molar refractivity (Wildman–Crippen MR) is 76.2 cm³/mol.